The average Bonchev–Trinajstić information content (AvgIpc) is 3.14. The predicted octanol–water partition coefficient (Wildman–Crippen LogP) is 3.69. The number of imidazole rings is 1. The van der Waals surface area contributed by atoms with Crippen molar-refractivity contribution in [1.29, 1.82) is 0 Å². The number of ether oxygens (including phenoxy) is 1. The number of hydrogen-bond acceptors (Lipinski definition) is 4. The van der Waals surface area contributed by atoms with Crippen molar-refractivity contribution in [1.82, 2.24) is 18.7 Å². The Morgan fingerprint density at radius 2 is 1.59 bits per heavy atom. The van der Waals surface area contributed by atoms with Crippen molar-refractivity contribution >= 4 is 23.3 Å². The number of rotatable bonds is 7. The van der Waals surface area contributed by atoms with Gasteiger partial charge in [0, 0.05) is 20.1 Å². The molecule has 2 aromatic heterocycles. The van der Waals surface area contributed by atoms with Crippen LogP contribution in [0.1, 0.15) is 30.8 Å². The first-order valence-electron chi connectivity index (χ1n) is 10.7. The van der Waals surface area contributed by atoms with Gasteiger partial charge in [-0.15, -0.1) is 0 Å². The Morgan fingerprint density at radius 1 is 0.906 bits per heavy atom. The van der Waals surface area contributed by atoms with E-state index in [2.05, 4.69) is 4.98 Å². The molecule has 0 aliphatic rings. The van der Waals surface area contributed by atoms with E-state index in [1.165, 1.54) is 9.13 Å². The highest BCUT2D eigenvalue weighted by molar-refractivity contribution is 5.76. The number of hydrogen-bond donors (Lipinski definition) is 0. The van der Waals surface area contributed by atoms with Gasteiger partial charge in [-0.05, 0) is 43.2 Å². The van der Waals surface area contributed by atoms with Gasteiger partial charge in [-0.1, -0.05) is 48.5 Å². The summed E-state index contributed by atoms with van der Waals surface area (Å²) in [4.78, 5) is 30.0. The summed E-state index contributed by atoms with van der Waals surface area (Å²) in [7, 11) is 1.79. The third-order valence-corrected chi connectivity index (χ3v) is 5.46. The molecule has 0 atom stereocenters. The van der Waals surface area contributed by atoms with E-state index in [0.717, 1.165) is 16.9 Å². The Labute approximate surface area is 185 Å². The summed E-state index contributed by atoms with van der Waals surface area (Å²) in [5, 5.41) is 0. The molecule has 0 N–H and O–H groups in total. The molecular formula is C25H26N4O3. The topological polar surface area (TPSA) is 71.1 Å². The van der Waals surface area contributed by atoms with Gasteiger partial charge in [0.25, 0.3) is 5.56 Å². The van der Waals surface area contributed by atoms with Crippen LogP contribution in [0.15, 0.2) is 64.2 Å². The predicted molar refractivity (Wildman–Crippen MR) is 127 cm³/mol. The number of aromatic nitrogens is 4. The number of nitrogens with zero attached hydrogens (tertiary/aromatic N) is 4. The lowest BCUT2D eigenvalue weighted by Crippen LogP contribution is -2.39. The fourth-order valence-corrected chi connectivity index (χ4v) is 3.68. The zero-order valence-corrected chi connectivity index (χ0v) is 18.5. The molecule has 4 aromatic rings. The molecule has 0 radical (unpaired) electrons. The van der Waals surface area contributed by atoms with Gasteiger partial charge in [0.15, 0.2) is 11.2 Å². The largest absolute Gasteiger partial charge is 0.489 e. The highest BCUT2D eigenvalue weighted by atomic mass is 16.5. The Bertz CT molecular complexity index is 1380. The van der Waals surface area contributed by atoms with E-state index in [4.69, 9.17) is 4.74 Å². The SMILES string of the molecule is CCn1c(=O)c2c(nc(C=Cc3ccc(OCc4ccccc4)cc3)n2C)n(CC)c1=O. The molecular weight excluding hydrogens is 404 g/mol. The molecule has 7 heteroatoms. The Kier molecular flexibility index (Phi) is 6.07. The van der Waals surface area contributed by atoms with Crippen LogP contribution in [0.4, 0.5) is 0 Å². The van der Waals surface area contributed by atoms with Gasteiger partial charge in [-0.25, -0.2) is 9.78 Å². The van der Waals surface area contributed by atoms with Crippen molar-refractivity contribution in [2.45, 2.75) is 33.5 Å². The monoisotopic (exact) mass is 430 g/mol. The summed E-state index contributed by atoms with van der Waals surface area (Å²) in [5.41, 5.74) is 2.30. The van der Waals surface area contributed by atoms with Gasteiger partial charge in [-0.3, -0.25) is 13.9 Å². The van der Waals surface area contributed by atoms with Crippen molar-refractivity contribution in [2.24, 2.45) is 7.05 Å². The van der Waals surface area contributed by atoms with Crippen LogP contribution in [0.2, 0.25) is 0 Å². The van der Waals surface area contributed by atoms with Crippen LogP contribution in [-0.4, -0.2) is 18.7 Å². The van der Waals surface area contributed by atoms with Gasteiger partial charge in [-0.2, -0.15) is 0 Å². The molecule has 2 aromatic carbocycles. The number of aryl methyl sites for hydroxylation is 2. The van der Waals surface area contributed by atoms with E-state index >= 15 is 0 Å². The summed E-state index contributed by atoms with van der Waals surface area (Å²) in [6, 6.07) is 17.8. The number of fused-ring (bicyclic) bond motifs is 1. The summed E-state index contributed by atoms with van der Waals surface area (Å²) < 4.78 is 10.4. The van der Waals surface area contributed by atoms with Gasteiger partial charge in [0.05, 0.1) is 0 Å². The summed E-state index contributed by atoms with van der Waals surface area (Å²) in [6.45, 7) is 4.95. The Balaban J connectivity index is 1.59. The maximum absolute atomic E-state index is 12.8. The van der Waals surface area contributed by atoms with Gasteiger partial charge >= 0.3 is 5.69 Å². The fraction of sp³-hybridized carbons (Fsp3) is 0.240. The highest BCUT2D eigenvalue weighted by Crippen LogP contribution is 2.17. The molecule has 7 nitrogen and oxygen atoms in total. The molecule has 0 aliphatic carbocycles. The summed E-state index contributed by atoms with van der Waals surface area (Å²) in [5.74, 6) is 1.40. The highest BCUT2D eigenvalue weighted by Gasteiger charge is 2.17. The van der Waals surface area contributed by atoms with E-state index in [-0.39, 0.29) is 11.2 Å². The second kappa shape index (κ2) is 9.09. The van der Waals surface area contributed by atoms with Crippen LogP contribution in [-0.2, 0) is 26.7 Å². The molecule has 0 saturated carbocycles. The fourth-order valence-electron chi connectivity index (χ4n) is 3.68. The van der Waals surface area contributed by atoms with Crippen LogP contribution < -0.4 is 16.0 Å². The van der Waals surface area contributed by atoms with Gasteiger partial charge in [0.1, 0.15) is 18.2 Å². The molecule has 0 amide bonds. The summed E-state index contributed by atoms with van der Waals surface area (Å²) >= 11 is 0. The van der Waals surface area contributed by atoms with Gasteiger partial charge < -0.3 is 9.30 Å². The molecule has 2 heterocycles. The first kappa shape index (κ1) is 21.4. The zero-order chi connectivity index (χ0) is 22.7. The van der Waals surface area contributed by atoms with Crippen LogP contribution in [0.25, 0.3) is 23.3 Å². The molecule has 0 bridgehead atoms. The van der Waals surface area contributed by atoms with Crippen LogP contribution in [0.3, 0.4) is 0 Å². The third kappa shape index (κ3) is 4.01. The Hall–Kier alpha value is -3.87. The van der Waals surface area contributed by atoms with Crippen molar-refractivity contribution in [3.63, 3.8) is 0 Å². The minimum absolute atomic E-state index is 0.313. The van der Waals surface area contributed by atoms with Crippen molar-refractivity contribution in [3.05, 3.63) is 92.4 Å². The quantitative estimate of drug-likeness (QED) is 0.448. The van der Waals surface area contributed by atoms with E-state index in [1.54, 1.807) is 18.5 Å². The number of benzene rings is 2. The lowest BCUT2D eigenvalue weighted by Gasteiger charge is -2.08. The lowest BCUT2D eigenvalue weighted by molar-refractivity contribution is 0.306. The maximum atomic E-state index is 12.8. The normalized spacial score (nSPS) is 11.5. The molecule has 0 spiro atoms. The van der Waals surface area contributed by atoms with Crippen LogP contribution >= 0.6 is 0 Å². The minimum Gasteiger partial charge on any atom is -0.489 e. The second-order valence-corrected chi connectivity index (χ2v) is 7.45. The molecule has 32 heavy (non-hydrogen) atoms. The van der Waals surface area contributed by atoms with Crippen molar-refractivity contribution in [2.75, 3.05) is 0 Å². The first-order valence-corrected chi connectivity index (χ1v) is 10.7. The standard InChI is InChI=1S/C25H26N4O3/c1-4-28-23-22(24(30)29(5-2)25(28)31)27(3)21(26-23)16-13-18-11-14-20(15-12-18)32-17-19-9-7-6-8-10-19/h6-16H,4-5,17H2,1-3H3. The molecule has 4 rings (SSSR count). The van der Waals surface area contributed by atoms with Crippen molar-refractivity contribution < 1.29 is 4.74 Å². The lowest BCUT2D eigenvalue weighted by atomic mass is 10.2. The van der Waals surface area contributed by atoms with E-state index in [0.29, 0.717) is 36.7 Å². The smallest absolute Gasteiger partial charge is 0.332 e. The minimum atomic E-state index is -0.327. The molecule has 0 fully saturated rings. The van der Waals surface area contributed by atoms with Crippen molar-refractivity contribution in [3.8, 4) is 5.75 Å². The van der Waals surface area contributed by atoms with Crippen LogP contribution in [0.5, 0.6) is 5.75 Å². The molecule has 0 aliphatic heterocycles. The Morgan fingerprint density at radius 3 is 2.25 bits per heavy atom. The van der Waals surface area contributed by atoms with Gasteiger partial charge in [0.2, 0.25) is 0 Å². The second-order valence-electron chi connectivity index (χ2n) is 7.45. The molecule has 164 valence electrons. The summed E-state index contributed by atoms with van der Waals surface area (Å²) in [6.07, 6.45) is 3.77. The molecule has 0 unspecified atom stereocenters. The van der Waals surface area contributed by atoms with E-state index < -0.39 is 0 Å². The van der Waals surface area contributed by atoms with E-state index in [1.807, 2.05) is 73.7 Å². The van der Waals surface area contributed by atoms with Crippen LogP contribution in [0, 0.1) is 0 Å². The maximum Gasteiger partial charge on any atom is 0.332 e. The molecule has 0 saturated heterocycles. The third-order valence-electron chi connectivity index (χ3n) is 5.46. The average molecular weight is 431 g/mol. The zero-order valence-electron chi connectivity index (χ0n) is 18.5. The first-order chi connectivity index (χ1) is 15.5. The van der Waals surface area contributed by atoms with E-state index in [9.17, 15) is 9.59 Å².